The van der Waals surface area contributed by atoms with Crippen molar-refractivity contribution >= 4 is 23.6 Å². The maximum atomic E-state index is 12.8. The zero-order chi connectivity index (χ0) is 18.7. The van der Waals surface area contributed by atoms with E-state index in [1.807, 2.05) is 13.8 Å². The number of benzene rings is 1. The van der Waals surface area contributed by atoms with Gasteiger partial charge < -0.3 is 9.64 Å². The zero-order valence-electron chi connectivity index (χ0n) is 14.6. The third kappa shape index (κ3) is 3.76. The molecule has 0 aromatic heterocycles. The van der Waals surface area contributed by atoms with Crippen molar-refractivity contribution in [3.8, 4) is 0 Å². The summed E-state index contributed by atoms with van der Waals surface area (Å²) in [5, 5.41) is 10.9. The Morgan fingerprint density at radius 1 is 1.40 bits per heavy atom. The minimum absolute atomic E-state index is 0.0841. The van der Waals surface area contributed by atoms with Crippen LogP contribution in [0.4, 0.5) is 5.69 Å². The standard InChI is InChI=1S/C18H20N2O5/c1-11(2)10-19-12(3)16(18(22)25-4)15(17(19)21)9-13-6-5-7-14(8-13)20(23)24/h5-9,11H,10H2,1-4H3/b15-9-. The highest BCUT2D eigenvalue weighted by atomic mass is 16.6. The molecule has 0 spiro atoms. The smallest absolute Gasteiger partial charge is 0.340 e. The van der Waals surface area contributed by atoms with Gasteiger partial charge in [-0.3, -0.25) is 14.9 Å². The molecule has 1 aliphatic heterocycles. The van der Waals surface area contributed by atoms with Crippen molar-refractivity contribution in [2.24, 2.45) is 5.92 Å². The maximum absolute atomic E-state index is 12.8. The molecule has 1 aromatic carbocycles. The van der Waals surface area contributed by atoms with Gasteiger partial charge in [-0.25, -0.2) is 4.79 Å². The second-order valence-corrected chi connectivity index (χ2v) is 6.17. The summed E-state index contributed by atoms with van der Waals surface area (Å²) in [5.74, 6) is -0.693. The first-order chi connectivity index (χ1) is 11.8. The van der Waals surface area contributed by atoms with Crippen molar-refractivity contribution in [2.75, 3.05) is 13.7 Å². The molecule has 25 heavy (non-hydrogen) atoms. The first-order valence-corrected chi connectivity index (χ1v) is 7.83. The minimum Gasteiger partial charge on any atom is -0.465 e. The molecule has 0 aliphatic carbocycles. The second-order valence-electron chi connectivity index (χ2n) is 6.17. The summed E-state index contributed by atoms with van der Waals surface area (Å²) in [4.78, 5) is 36.9. The lowest BCUT2D eigenvalue weighted by Crippen LogP contribution is -2.28. The Labute approximate surface area is 145 Å². The summed E-state index contributed by atoms with van der Waals surface area (Å²) >= 11 is 0. The van der Waals surface area contributed by atoms with E-state index in [2.05, 4.69) is 0 Å². The number of carbonyl (C=O) groups is 2. The van der Waals surface area contributed by atoms with Crippen molar-refractivity contribution in [2.45, 2.75) is 20.8 Å². The predicted molar refractivity (Wildman–Crippen MR) is 92.3 cm³/mol. The van der Waals surface area contributed by atoms with Crippen molar-refractivity contribution in [1.29, 1.82) is 0 Å². The molecule has 0 radical (unpaired) electrons. The average molecular weight is 344 g/mol. The number of esters is 1. The molecule has 0 N–H and O–H groups in total. The Balaban J connectivity index is 2.54. The van der Waals surface area contributed by atoms with Crippen LogP contribution in [0.15, 0.2) is 41.1 Å². The lowest BCUT2D eigenvalue weighted by Gasteiger charge is -2.19. The molecule has 0 atom stereocenters. The molecule has 2 rings (SSSR count). The molecule has 0 fully saturated rings. The van der Waals surface area contributed by atoms with Crippen LogP contribution in [-0.2, 0) is 14.3 Å². The van der Waals surface area contributed by atoms with Crippen LogP contribution >= 0.6 is 0 Å². The summed E-state index contributed by atoms with van der Waals surface area (Å²) in [5.41, 5.74) is 1.30. The summed E-state index contributed by atoms with van der Waals surface area (Å²) < 4.78 is 4.81. The van der Waals surface area contributed by atoms with Gasteiger partial charge in [-0.15, -0.1) is 0 Å². The van der Waals surface area contributed by atoms with Crippen LogP contribution in [0.25, 0.3) is 6.08 Å². The molecule has 1 heterocycles. The highest BCUT2D eigenvalue weighted by Gasteiger charge is 2.37. The normalized spacial score (nSPS) is 16.1. The monoisotopic (exact) mass is 344 g/mol. The molecule has 0 unspecified atom stereocenters. The van der Waals surface area contributed by atoms with Crippen LogP contribution < -0.4 is 0 Å². The molecule has 0 saturated heterocycles. The number of nitro groups is 1. The molecular formula is C18H20N2O5. The highest BCUT2D eigenvalue weighted by molar-refractivity contribution is 6.16. The van der Waals surface area contributed by atoms with Crippen molar-refractivity contribution in [3.63, 3.8) is 0 Å². The fraction of sp³-hybridized carbons (Fsp3) is 0.333. The van der Waals surface area contributed by atoms with E-state index in [-0.39, 0.29) is 28.7 Å². The number of allylic oxidation sites excluding steroid dienone is 1. The molecule has 7 nitrogen and oxygen atoms in total. The van der Waals surface area contributed by atoms with Crippen LogP contribution in [0.1, 0.15) is 26.3 Å². The SMILES string of the molecule is COC(=O)C1=C(C)N(CC(C)C)C(=O)/C1=C\c1cccc([N+](=O)[O-])c1. The number of amides is 1. The maximum Gasteiger partial charge on any atom is 0.340 e. The molecule has 0 saturated carbocycles. The fourth-order valence-corrected chi connectivity index (χ4v) is 2.71. The van der Waals surface area contributed by atoms with Crippen LogP contribution in [-0.4, -0.2) is 35.4 Å². The van der Waals surface area contributed by atoms with E-state index in [4.69, 9.17) is 4.74 Å². The van der Waals surface area contributed by atoms with E-state index in [9.17, 15) is 19.7 Å². The van der Waals surface area contributed by atoms with Gasteiger partial charge in [-0.2, -0.15) is 0 Å². The van der Waals surface area contributed by atoms with Crippen LogP contribution in [0, 0.1) is 16.0 Å². The average Bonchev–Trinajstić information content (AvgIpc) is 2.78. The number of rotatable bonds is 5. The molecule has 132 valence electrons. The minimum atomic E-state index is -0.603. The Bertz CT molecular complexity index is 792. The number of hydrogen-bond acceptors (Lipinski definition) is 5. The van der Waals surface area contributed by atoms with Gasteiger partial charge >= 0.3 is 5.97 Å². The number of nitrogens with zero attached hydrogens (tertiary/aromatic N) is 2. The van der Waals surface area contributed by atoms with Crippen LogP contribution in [0.2, 0.25) is 0 Å². The molecule has 1 aliphatic rings. The first-order valence-electron chi connectivity index (χ1n) is 7.83. The van der Waals surface area contributed by atoms with E-state index in [1.54, 1.807) is 17.9 Å². The van der Waals surface area contributed by atoms with Gasteiger partial charge in [-0.05, 0) is 24.5 Å². The summed E-state index contributed by atoms with van der Waals surface area (Å²) in [6.07, 6.45) is 1.49. The van der Waals surface area contributed by atoms with Gasteiger partial charge in [0.05, 0.1) is 23.2 Å². The third-order valence-electron chi connectivity index (χ3n) is 3.84. The Hall–Kier alpha value is -2.96. The number of nitro benzene ring substituents is 1. The number of ether oxygens (including phenoxy) is 1. The highest BCUT2D eigenvalue weighted by Crippen LogP contribution is 2.32. The van der Waals surface area contributed by atoms with Crippen LogP contribution in [0.5, 0.6) is 0 Å². The fourth-order valence-electron chi connectivity index (χ4n) is 2.71. The predicted octanol–water partition coefficient (Wildman–Crippen LogP) is 2.92. The Kier molecular flexibility index (Phi) is 5.36. The van der Waals surface area contributed by atoms with E-state index in [0.717, 1.165) is 0 Å². The van der Waals surface area contributed by atoms with Gasteiger partial charge in [0.2, 0.25) is 0 Å². The largest absolute Gasteiger partial charge is 0.465 e. The number of non-ortho nitro benzene ring substituents is 1. The van der Waals surface area contributed by atoms with Crippen molar-refractivity contribution in [3.05, 3.63) is 56.8 Å². The topological polar surface area (TPSA) is 89.8 Å². The Morgan fingerprint density at radius 3 is 2.64 bits per heavy atom. The van der Waals surface area contributed by atoms with E-state index in [0.29, 0.717) is 17.8 Å². The van der Waals surface area contributed by atoms with Gasteiger partial charge in [0.25, 0.3) is 11.6 Å². The van der Waals surface area contributed by atoms with Gasteiger partial charge in [0, 0.05) is 24.4 Å². The van der Waals surface area contributed by atoms with Crippen molar-refractivity contribution in [1.82, 2.24) is 4.90 Å². The molecule has 1 aromatic rings. The molecule has 7 heteroatoms. The molecule has 1 amide bonds. The quantitative estimate of drug-likeness (QED) is 0.354. The van der Waals surface area contributed by atoms with E-state index < -0.39 is 10.9 Å². The van der Waals surface area contributed by atoms with E-state index in [1.165, 1.54) is 31.4 Å². The summed E-state index contributed by atoms with van der Waals surface area (Å²) in [6.45, 7) is 6.11. The van der Waals surface area contributed by atoms with E-state index >= 15 is 0 Å². The lowest BCUT2D eigenvalue weighted by atomic mass is 10.0. The Morgan fingerprint density at radius 2 is 2.08 bits per heavy atom. The molecular weight excluding hydrogens is 324 g/mol. The number of hydrogen-bond donors (Lipinski definition) is 0. The zero-order valence-corrected chi connectivity index (χ0v) is 14.6. The van der Waals surface area contributed by atoms with Gasteiger partial charge in [0.1, 0.15) is 0 Å². The summed E-state index contributed by atoms with van der Waals surface area (Å²) in [6, 6.07) is 5.90. The lowest BCUT2D eigenvalue weighted by molar-refractivity contribution is -0.384. The number of carbonyl (C=O) groups excluding carboxylic acids is 2. The molecule has 0 bridgehead atoms. The summed E-state index contributed by atoms with van der Waals surface area (Å²) in [7, 11) is 1.25. The third-order valence-corrected chi connectivity index (χ3v) is 3.84. The first kappa shape index (κ1) is 18.4. The second kappa shape index (κ2) is 7.29. The van der Waals surface area contributed by atoms with Gasteiger partial charge in [-0.1, -0.05) is 26.0 Å². The van der Waals surface area contributed by atoms with Crippen molar-refractivity contribution < 1.29 is 19.2 Å². The number of methoxy groups -OCH3 is 1. The van der Waals surface area contributed by atoms with Gasteiger partial charge in [0.15, 0.2) is 0 Å². The van der Waals surface area contributed by atoms with Crippen LogP contribution in [0.3, 0.4) is 0 Å².